The van der Waals surface area contributed by atoms with E-state index in [9.17, 15) is 0 Å². The van der Waals surface area contributed by atoms with Crippen molar-refractivity contribution in [1.82, 2.24) is 5.73 Å². The Balaban J connectivity index is 1.90. The van der Waals surface area contributed by atoms with E-state index in [2.05, 4.69) is 65.8 Å². The number of rotatable bonds is 115. The van der Waals surface area contributed by atoms with Crippen molar-refractivity contribution in [1.29, 1.82) is 0 Å². The Morgan fingerprint density at radius 2 is 0.268 bits per heavy atom. The van der Waals surface area contributed by atoms with Crippen LogP contribution >= 0.6 is 0 Å². The Bertz CT molecular complexity index is 2620. The Hall–Kier alpha value is -3.98. The van der Waals surface area contributed by atoms with Crippen molar-refractivity contribution in [2.24, 2.45) is 0 Å². The smallest absolute Gasteiger partial charge is 0.203 e. The van der Waals surface area contributed by atoms with Gasteiger partial charge in [0.15, 0.2) is 23.0 Å². The maximum Gasteiger partial charge on any atom is 0.203 e. The fraction of sp³-hybridized carbons (Fsp3) is 0.860. The zero-order valence-electron chi connectivity index (χ0n) is 93.6. The lowest BCUT2D eigenvalue weighted by molar-refractivity contribution is 0.231. The zero-order chi connectivity index (χ0) is 98.2. The van der Waals surface area contributed by atoms with Crippen LogP contribution in [0, 0.1) is 0 Å². The van der Waals surface area contributed by atoms with Crippen LogP contribution in [0.4, 0.5) is 0 Å². The molecule has 0 aromatic heterocycles. The van der Waals surface area contributed by atoms with Gasteiger partial charge in [-0.2, -0.15) is 0 Å². The maximum atomic E-state index is 8.78. The van der Waals surface area contributed by atoms with Gasteiger partial charge in [0.1, 0.15) is 24.7 Å². The third kappa shape index (κ3) is 82.2. The number of hydrogen-bond acceptors (Lipinski definition) is 8. The molecule has 138 heavy (non-hydrogen) atoms. The van der Waals surface area contributed by atoms with Crippen molar-refractivity contribution in [3.63, 3.8) is 0 Å². The van der Waals surface area contributed by atoms with E-state index >= 15 is 0 Å². The second-order valence-electron chi connectivity index (χ2n) is 43.3. The number of hydrogen-bond donors (Lipinski definition) is 0. The highest BCUT2D eigenvalue weighted by atomic mass is 16.6. The van der Waals surface area contributed by atoms with Gasteiger partial charge in [0.05, 0.1) is 39.6 Å². The molecule has 9 heteroatoms. The lowest BCUT2D eigenvalue weighted by atomic mass is 10.0. The summed E-state index contributed by atoms with van der Waals surface area (Å²) < 4.78 is 55.4. The quantitative estimate of drug-likeness (QED) is 0.0516. The highest BCUT2D eigenvalue weighted by molar-refractivity contribution is 5.55. The number of benzene rings is 3. The Kier molecular flexibility index (Phi) is 97.0. The van der Waals surface area contributed by atoms with E-state index in [4.69, 9.17) is 43.6 Å². The number of ether oxygens (including phenoxy) is 8. The Morgan fingerprint density at radius 3 is 0.406 bits per heavy atom. The third-order valence-corrected chi connectivity index (χ3v) is 29.6. The molecular formula is C129H236NO8. The molecule has 3 rings (SSSR count). The molecule has 0 amide bonds. The third-order valence-electron chi connectivity index (χ3n) is 29.6. The molecule has 0 saturated heterocycles. The summed E-state index contributed by atoms with van der Waals surface area (Å²) >= 11 is 0. The van der Waals surface area contributed by atoms with Gasteiger partial charge in [-0.1, -0.05) is 619 Å². The van der Waals surface area contributed by atoms with Crippen LogP contribution in [0.2, 0.25) is 0 Å². The Morgan fingerprint density at radius 1 is 0.138 bits per heavy atom. The largest absolute Gasteiger partial charge is 0.490 e. The molecule has 9 nitrogen and oxygen atoms in total. The van der Waals surface area contributed by atoms with Gasteiger partial charge in [0.2, 0.25) is 11.5 Å². The molecule has 3 aromatic rings. The van der Waals surface area contributed by atoms with Gasteiger partial charge in [0.25, 0.3) is 0 Å². The van der Waals surface area contributed by atoms with Gasteiger partial charge in [-0.05, 0) is 91.6 Å². The highest BCUT2D eigenvalue weighted by Crippen LogP contribution is 2.43. The van der Waals surface area contributed by atoms with Crippen LogP contribution in [0.25, 0.3) is 0 Å². The molecular weight excluding hydrogens is 1690 g/mol. The summed E-state index contributed by atoms with van der Waals surface area (Å²) in [5.74, 6) is 5.89. The van der Waals surface area contributed by atoms with Crippen LogP contribution in [0.15, 0.2) is 42.5 Å². The number of unbranched alkanes of at least 4 members (excludes halogenated alkanes) is 90. The first-order valence-corrected chi connectivity index (χ1v) is 62.6. The van der Waals surface area contributed by atoms with Gasteiger partial charge in [0, 0.05) is 12.6 Å². The minimum absolute atomic E-state index is 0.105. The second-order valence-corrected chi connectivity index (χ2v) is 43.3. The predicted octanol–water partition coefficient (Wildman–Crippen LogP) is 44.5. The van der Waals surface area contributed by atoms with Gasteiger partial charge >= 0.3 is 0 Å². The standard InChI is InChI=1S/C129H236NO8/c1-7-13-19-25-31-37-43-49-55-61-67-73-79-85-91-97-103-131-124-111-120(112-125(132-104-98-92-86-80-74-68-62-56-50-44-38-32-26-20-14-8-2)128(124)135-107-101-95-89-83-77-71-65-59-53-47-41-35-29-23-17-11-5)117-137-122-109-119(116-130)110-123(115-122)138-118-121-113-126(133-105-99-93-87-81-75-69-63-57-51-45-39-33-27-21-15-9-3)129(136-108-102-96-90-84-78-72-66-60-54-48-42-36-30-24-18-12-6)127(114-121)134-106-100-94-88-82-76-70-64-58-52-46-40-34-28-22-16-10-4/h109-115,130H,7-108,116-118H2,1-6H3. The average Bonchev–Trinajstić information content (AvgIpc) is 0.823. The topological polar surface area (TPSA) is 97.6 Å². The molecule has 0 aliphatic carbocycles. The van der Waals surface area contributed by atoms with Crippen molar-refractivity contribution in [2.75, 3.05) is 39.6 Å². The maximum absolute atomic E-state index is 8.78. The van der Waals surface area contributed by atoms with Gasteiger partial charge in [-0.15, -0.1) is 0 Å². The van der Waals surface area contributed by atoms with Crippen LogP contribution in [0.1, 0.15) is 675 Å². The van der Waals surface area contributed by atoms with Crippen molar-refractivity contribution >= 4 is 0 Å². The van der Waals surface area contributed by atoms with Crippen LogP contribution < -0.4 is 43.6 Å². The van der Waals surface area contributed by atoms with Gasteiger partial charge in [-0.25, -0.2) is 0 Å². The predicted molar refractivity (Wildman–Crippen MR) is 605 cm³/mol. The molecule has 0 spiro atoms. The molecule has 0 aliphatic heterocycles. The first kappa shape index (κ1) is 128. The van der Waals surface area contributed by atoms with Crippen LogP contribution in [0.5, 0.6) is 46.0 Å². The molecule has 0 atom stereocenters. The molecule has 1 N–H and O–H groups in total. The highest BCUT2D eigenvalue weighted by Gasteiger charge is 2.21. The Labute approximate surface area is 860 Å². The summed E-state index contributed by atoms with van der Waals surface area (Å²) in [5.41, 5.74) is 11.6. The van der Waals surface area contributed by atoms with Crippen LogP contribution in [0.3, 0.4) is 0 Å². The van der Waals surface area contributed by atoms with Crippen molar-refractivity contribution in [2.45, 2.75) is 678 Å². The van der Waals surface area contributed by atoms with E-state index < -0.39 is 0 Å². The zero-order valence-corrected chi connectivity index (χ0v) is 93.6. The molecule has 0 bridgehead atoms. The lowest BCUT2D eigenvalue weighted by Gasteiger charge is -2.20. The average molecular weight is 1930 g/mol. The molecule has 0 saturated carbocycles. The molecule has 0 fully saturated rings. The van der Waals surface area contributed by atoms with E-state index in [1.54, 1.807) is 0 Å². The minimum atomic E-state index is 0.105. The first-order chi connectivity index (χ1) is 68.5. The van der Waals surface area contributed by atoms with Gasteiger partial charge in [-0.3, -0.25) is 5.73 Å². The van der Waals surface area contributed by atoms with Crippen molar-refractivity contribution < 1.29 is 37.9 Å². The summed E-state index contributed by atoms with van der Waals surface area (Å²) in [7, 11) is 0. The van der Waals surface area contributed by atoms with E-state index in [0.29, 0.717) is 64.4 Å². The monoisotopic (exact) mass is 1930 g/mol. The second kappa shape index (κ2) is 104. The van der Waals surface area contributed by atoms with E-state index in [-0.39, 0.29) is 6.54 Å². The summed E-state index contributed by atoms with van der Waals surface area (Å²) in [4.78, 5) is 0. The molecule has 0 aliphatic rings. The van der Waals surface area contributed by atoms with E-state index in [1.165, 1.54) is 552 Å². The molecule has 3 aromatic carbocycles. The summed E-state index contributed by atoms with van der Waals surface area (Å²) in [5, 5.41) is 0. The van der Waals surface area contributed by atoms with Crippen LogP contribution in [-0.4, -0.2) is 39.6 Å². The number of nitrogens with one attached hydrogen (secondary N) is 1. The van der Waals surface area contributed by atoms with Crippen molar-refractivity contribution in [3.8, 4) is 46.0 Å². The SMILES string of the molecule is CCCCCCCCCCCCCCCCCCOc1cc(COc2cc(C[NH])cc(OCc3cc(OCCCCCCCCCCCCCCCCCC)c(OCCCCCCCCCCCCCCCCCC)c(OCCCCCCCCCCCCCCCCCC)c3)c2)cc(OCCCCCCCCCCCCCCCCCC)c1OCCCCCCCCCCCCCCCCCC. The first-order valence-electron chi connectivity index (χ1n) is 62.6. The fourth-order valence-electron chi connectivity index (χ4n) is 20.4. The van der Waals surface area contributed by atoms with Crippen molar-refractivity contribution in [3.05, 3.63) is 59.2 Å². The summed E-state index contributed by atoms with van der Waals surface area (Å²) in [6, 6.07) is 14.7. The van der Waals surface area contributed by atoms with Gasteiger partial charge < -0.3 is 37.9 Å². The molecule has 0 heterocycles. The normalized spacial score (nSPS) is 11.6. The summed E-state index contributed by atoms with van der Waals surface area (Å²) in [6.45, 7) is 18.4. The lowest BCUT2D eigenvalue weighted by Crippen LogP contribution is -2.08. The fourth-order valence-corrected chi connectivity index (χ4v) is 20.4. The summed E-state index contributed by atoms with van der Waals surface area (Å²) in [6.07, 6.45) is 129. The minimum Gasteiger partial charge on any atom is -0.490 e. The molecule has 0 unspecified atom stereocenters. The van der Waals surface area contributed by atoms with E-state index in [0.717, 1.165) is 115 Å². The molecule has 805 valence electrons. The van der Waals surface area contributed by atoms with E-state index in [1.807, 2.05) is 18.2 Å². The molecule has 1 radical (unpaired) electrons. The van der Waals surface area contributed by atoms with Crippen LogP contribution in [-0.2, 0) is 19.8 Å².